The number of benzene rings is 1. The maximum absolute atomic E-state index is 11.5. The molecule has 0 heterocycles. The Hall–Kier alpha value is -1.46. The van der Waals surface area contributed by atoms with E-state index in [-0.39, 0.29) is 18.3 Å². The van der Waals surface area contributed by atoms with Crippen molar-refractivity contribution >= 4 is 18.3 Å². The van der Waals surface area contributed by atoms with E-state index in [1.807, 2.05) is 26.0 Å². The second-order valence-corrected chi connectivity index (χ2v) is 5.04. The maximum Gasteiger partial charge on any atom is 0.223 e. The van der Waals surface area contributed by atoms with Gasteiger partial charge in [-0.15, -0.1) is 12.4 Å². The third-order valence-electron chi connectivity index (χ3n) is 2.40. The van der Waals surface area contributed by atoms with Gasteiger partial charge in [0.1, 0.15) is 11.5 Å². The first-order valence-electron chi connectivity index (χ1n) is 6.23. The number of ether oxygens (including phenoxy) is 2. The van der Waals surface area contributed by atoms with E-state index in [2.05, 4.69) is 5.32 Å². The van der Waals surface area contributed by atoms with Crippen molar-refractivity contribution in [1.29, 1.82) is 0 Å². The molecule has 0 aliphatic carbocycles. The zero-order valence-corrected chi connectivity index (χ0v) is 13.0. The number of carbonyl (C=O) groups is 1. The van der Waals surface area contributed by atoms with Crippen LogP contribution in [0.4, 0.5) is 0 Å². The quantitative estimate of drug-likeness (QED) is 0.804. The molecule has 0 aromatic heterocycles. The van der Waals surface area contributed by atoms with E-state index < -0.39 is 5.54 Å². The van der Waals surface area contributed by atoms with E-state index in [4.69, 9.17) is 15.2 Å². The molecule has 0 atom stereocenters. The lowest BCUT2D eigenvalue weighted by Gasteiger charge is -2.18. The minimum absolute atomic E-state index is 0. The molecule has 0 unspecified atom stereocenters. The maximum atomic E-state index is 11.5. The standard InChI is InChI=1S/C14H22N2O3.ClH/c1-14(2,15)10-16-13(17)8-9-19-12-6-4-11(18-3)5-7-12;/h4-7H,8-10,15H2,1-3H3,(H,16,17);1H. The van der Waals surface area contributed by atoms with Crippen molar-refractivity contribution in [2.24, 2.45) is 5.73 Å². The highest BCUT2D eigenvalue weighted by Gasteiger charge is 2.11. The predicted molar refractivity (Wildman–Crippen MR) is 81.6 cm³/mol. The van der Waals surface area contributed by atoms with Gasteiger partial charge in [-0.05, 0) is 38.1 Å². The lowest BCUT2D eigenvalue weighted by atomic mass is 10.1. The van der Waals surface area contributed by atoms with Gasteiger partial charge in [0.05, 0.1) is 20.1 Å². The van der Waals surface area contributed by atoms with Crippen molar-refractivity contribution in [1.82, 2.24) is 5.32 Å². The van der Waals surface area contributed by atoms with E-state index in [1.54, 1.807) is 19.2 Å². The van der Waals surface area contributed by atoms with E-state index in [9.17, 15) is 4.79 Å². The van der Waals surface area contributed by atoms with Gasteiger partial charge >= 0.3 is 0 Å². The van der Waals surface area contributed by atoms with Crippen LogP contribution in [0.25, 0.3) is 0 Å². The molecule has 0 radical (unpaired) electrons. The summed E-state index contributed by atoms with van der Waals surface area (Å²) in [7, 11) is 1.61. The molecule has 0 aliphatic heterocycles. The molecule has 1 aromatic carbocycles. The molecule has 0 saturated heterocycles. The first-order chi connectivity index (χ1) is 8.90. The highest BCUT2D eigenvalue weighted by atomic mass is 35.5. The lowest BCUT2D eigenvalue weighted by molar-refractivity contribution is -0.121. The zero-order chi connectivity index (χ0) is 14.3. The fourth-order valence-electron chi connectivity index (χ4n) is 1.35. The summed E-state index contributed by atoms with van der Waals surface area (Å²) in [5, 5.41) is 2.76. The van der Waals surface area contributed by atoms with Crippen LogP contribution in [0.5, 0.6) is 11.5 Å². The molecule has 0 saturated carbocycles. The summed E-state index contributed by atoms with van der Waals surface area (Å²) in [4.78, 5) is 11.5. The molecular formula is C14H23ClN2O3. The average molecular weight is 303 g/mol. The van der Waals surface area contributed by atoms with Crippen LogP contribution in [0.15, 0.2) is 24.3 Å². The molecule has 0 fully saturated rings. The monoisotopic (exact) mass is 302 g/mol. The first kappa shape index (κ1) is 18.5. The Morgan fingerprint density at radius 3 is 2.30 bits per heavy atom. The lowest BCUT2D eigenvalue weighted by Crippen LogP contribution is -2.45. The number of methoxy groups -OCH3 is 1. The Morgan fingerprint density at radius 2 is 1.80 bits per heavy atom. The van der Waals surface area contributed by atoms with Crippen LogP contribution in [0.2, 0.25) is 0 Å². The molecule has 5 nitrogen and oxygen atoms in total. The Morgan fingerprint density at radius 1 is 1.25 bits per heavy atom. The van der Waals surface area contributed by atoms with Gasteiger partial charge in [-0.3, -0.25) is 4.79 Å². The SMILES string of the molecule is COc1ccc(OCCC(=O)NCC(C)(C)N)cc1.Cl. The summed E-state index contributed by atoms with van der Waals surface area (Å²) in [5.74, 6) is 1.43. The zero-order valence-electron chi connectivity index (χ0n) is 12.1. The van der Waals surface area contributed by atoms with Crippen LogP contribution in [-0.4, -0.2) is 31.7 Å². The van der Waals surface area contributed by atoms with Crippen LogP contribution in [-0.2, 0) is 4.79 Å². The van der Waals surface area contributed by atoms with Gasteiger partial charge < -0.3 is 20.5 Å². The molecule has 1 aromatic rings. The van der Waals surface area contributed by atoms with Crippen molar-refractivity contribution in [3.63, 3.8) is 0 Å². The second kappa shape index (κ2) is 8.66. The highest BCUT2D eigenvalue weighted by molar-refractivity contribution is 5.85. The normalized spacial score (nSPS) is 10.4. The highest BCUT2D eigenvalue weighted by Crippen LogP contribution is 2.16. The van der Waals surface area contributed by atoms with Gasteiger partial charge in [0.15, 0.2) is 0 Å². The van der Waals surface area contributed by atoms with Crippen molar-refractivity contribution < 1.29 is 14.3 Å². The van der Waals surface area contributed by atoms with Crippen molar-refractivity contribution in [3.8, 4) is 11.5 Å². The first-order valence-corrected chi connectivity index (χ1v) is 6.23. The summed E-state index contributed by atoms with van der Waals surface area (Å²) in [5.41, 5.74) is 5.38. The summed E-state index contributed by atoms with van der Waals surface area (Å²) in [6, 6.07) is 7.23. The van der Waals surface area contributed by atoms with Crippen LogP contribution < -0.4 is 20.5 Å². The molecule has 0 aliphatic rings. The smallest absolute Gasteiger partial charge is 0.223 e. The Balaban J connectivity index is 0.00000361. The number of nitrogens with one attached hydrogen (secondary N) is 1. The fraction of sp³-hybridized carbons (Fsp3) is 0.500. The molecule has 6 heteroatoms. The number of hydrogen-bond acceptors (Lipinski definition) is 4. The van der Waals surface area contributed by atoms with Crippen LogP contribution in [0, 0.1) is 0 Å². The molecule has 1 rings (SSSR count). The van der Waals surface area contributed by atoms with Crippen molar-refractivity contribution in [2.75, 3.05) is 20.3 Å². The minimum Gasteiger partial charge on any atom is -0.497 e. The Bertz CT molecular complexity index is 402. The van der Waals surface area contributed by atoms with Gasteiger partial charge in [-0.1, -0.05) is 0 Å². The topological polar surface area (TPSA) is 73.6 Å². The van der Waals surface area contributed by atoms with E-state index in [0.717, 1.165) is 5.75 Å². The van der Waals surface area contributed by atoms with Crippen molar-refractivity contribution in [2.45, 2.75) is 25.8 Å². The van der Waals surface area contributed by atoms with Gasteiger partial charge in [-0.25, -0.2) is 0 Å². The van der Waals surface area contributed by atoms with Crippen molar-refractivity contribution in [3.05, 3.63) is 24.3 Å². The largest absolute Gasteiger partial charge is 0.497 e. The summed E-state index contributed by atoms with van der Waals surface area (Å²) >= 11 is 0. The van der Waals surface area contributed by atoms with Crippen LogP contribution in [0.1, 0.15) is 20.3 Å². The van der Waals surface area contributed by atoms with Gasteiger partial charge in [0, 0.05) is 12.1 Å². The molecule has 3 N–H and O–H groups in total. The van der Waals surface area contributed by atoms with Gasteiger partial charge in [0.2, 0.25) is 5.91 Å². The average Bonchev–Trinajstić information content (AvgIpc) is 2.36. The molecule has 20 heavy (non-hydrogen) atoms. The fourth-order valence-corrected chi connectivity index (χ4v) is 1.35. The minimum atomic E-state index is -0.396. The summed E-state index contributed by atoms with van der Waals surface area (Å²) < 4.78 is 10.5. The Labute approximate surface area is 126 Å². The second-order valence-electron chi connectivity index (χ2n) is 5.04. The molecule has 114 valence electrons. The number of nitrogens with two attached hydrogens (primary N) is 1. The third-order valence-corrected chi connectivity index (χ3v) is 2.40. The van der Waals surface area contributed by atoms with Gasteiger partial charge in [0.25, 0.3) is 0 Å². The summed E-state index contributed by atoms with van der Waals surface area (Å²) in [6.07, 6.45) is 0.308. The summed E-state index contributed by atoms with van der Waals surface area (Å²) in [6.45, 7) is 4.51. The number of halogens is 1. The van der Waals surface area contributed by atoms with E-state index >= 15 is 0 Å². The molecular weight excluding hydrogens is 280 g/mol. The predicted octanol–water partition coefficient (Wildman–Crippen LogP) is 1.74. The Kier molecular flexibility index (Phi) is 8.03. The number of rotatable bonds is 7. The number of amides is 1. The van der Waals surface area contributed by atoms with E-state index in [0.29, 0.717) is 25.3 Å². The number of carbonyl (C=O) groups excluding carboxylic acids is 1. The molecule has 0 spiro atoms. The number of hydrogen-bond donors (Lipinski definition) is 2. The molecule has 1 amide bonds. The van der Waals surface area contributed by atoms with E-state index in [1.165, 1.54) is 0 Å². The molecule has 0 bridgehead atoms. The van der Waals surface area contributed by atoms with Crippen LogP contribution >= 0.6 is 12.4 Å². The third kappa shape index (κ3) is 7.86. The van der Waals surface area contributed by atoms with Crippen LogP contribution in [0.3, 0.4) is 0 Å². The van der Waals surface area contributed by atoms with Gasteiger partial charge in [-0.2, -0.15) is 0 Å².